The van der Waals surface area contributed by atoms with Gasteiger partial charge < -0.3 is 10.6 Å². The van der Waals surface area contributed by atoms with Gasteiger partial charge in [0, 0.05) is 42.2 Å². The largest absolute Gasteiger partial charge is 0.368 e. The number of anilines is 2. The van der Waals surface area contributed by atoms with E-state index in [1.54, 1.807) is 17.5 Å². The maximum atomic E-state index is 13.6. The summed E-state index contributed by atoms with van der Waals surface area (Å²) in [7, 11) is 0. The molecule has 0 fully saturated rings. The van der Waals surface area contributed by atoms with Crippen LogP contribution in [0.4, 0.5) is 24.5 Å². The van der Waals surface area contributed by atoms with E-state index in [9.17, 15) is 13.6 Å². The summed E-state index contributed by atoms with van der Waals surface area (Å²) in [5, 5.41) is 10.8. The third-order valence-electron chi connectivity index (χ3n) is 4.14. The first-order valence-corrected chi connectivity index (χ1v) is 10.6. The smallest absolute Gasteiger partial charge is 0.321 e. The quantitative estimate of drug-likeness (QED) is 0.391. The van der Waals surface area contributed by atoms with Gasteiger partial charge >= 0.3 is 6.03 Å². The molecule has 3 heterocycles. The van der Waals surface area contributed by atoms with Gasteiger partial charge in [0.1, 0.15) is 23.8 Å². The number of fused-ring (bicyclic) bond motifs is 1. The number of halogens is 2. The molecule has 0 bridgehead atoms. The standard InChI is InChI=1S/C19H16F2N6OS2/c20-12-2-1-11(14(21)7-12)8-23-18(28)27-19-24-9-13(30-19)3-5-22-17-16-15(4-6-29-16)25-10-26-17/h1-2,4,6-7,9-10H,3,5,8H2,(H,22,25,26)(H2,23,24,27,28). The number of urea groups is 1. The molecule has 154 valence electrons. The summed E-state index contributed by atoms with van der Waals surface area (Å²) in [6, 6.07) is 4.65. The number of rotatable bonds is 7. The predicted octanol–water partition coefficient (Wildman–Crippen LogP) is 4.40. The van der Waals surface area contributed by atoms with Gasteiger partial charge in [-0.1, -0.05) is 6.07 Å². The molecule has 1 aromatic carbocycles. The molecule has 0 radical (unpaired) electrons. The van der Waals surface area contributed by atoms with Gasteiger partial charge in [-0.3, -0.25) is 5.32 Å². The van der Waals surface area contributed by atoms with E-state index >= 15 is 0 Å². The summed E-state index contributed by atoms with van der Waals surface area (Å²) in [6.45, 7) is 0.595. The highest BCUT2D eigenvalue weighted by Crippen LogP contribution is 2.25. The molecule has 0 aliphatic heterocycles. The molecule has 0 atom stereocenters. The molecular weight excluding hydrogens is 430 g/mol. The average molecular weight is 447 g/mol. The zero-order valence-corrected chi connectivity index (χ0v) is 17.1. The van der Waals surface area contributed by atoms with Crippen LogP contribution in [0.25, 0.3) is 10.2 Å². The van der Waals surface area contributed by atoms with Gasteiger partial charge in [0.2, 0.25) is 0 Å². The van der Waals surface area contributed by atoms with Crippen LogP contribution in [0.3, 0.4) is 0 Å². The third-order valence-corrected chi connectivity index (χ3v) is 6.02. The van der Waals surface area contributed by atoms with E-state index in [0.717, 1.165) is 33.0 Å². The zero-order valence-electron chi connectivity index (χ0n) is 15.5. The lowest BCUT2D eigenvalue weighted by Gasteiger charge is -2.06. The van der Waals surface area contributed by atoms with E-state index in [-0.39, 0.29) is 12.1 Å². The Hall–Kier alpha value is -3.18. The Morgan fingerprint density at radius 1 is 1.13 bits per heavy atom. The zero-order chi connectivity index (χ0) is 20.9. The highest BCUT2D eigenvalue weighted by Gasteiger charge is 2.09. The Morgan fingerprint density at radius 2 is 2.03 bits per heavy atom. The molecule has 4 aromatic rings. The number of amides is 2. The van der Waals surface area contributed by atoms with Crippen molar-refractivity contribution in [3.8, 4) is 0 Å². The van der Waals surface area contributed by atoms with Crippen LogP contribution in [-0.2, 0) is 13.0 Å². The van der Waals surface area contributed by atoms with Crippen molar-refractivity contribution in [1.29, 1.82) is 0 Å². The number of nitrogens with zero attached hydrogens (tertiary/aromatic N) is 3. The van der Waals surface area contributed by atoms with Crippen molar-refractivity contribution < 1.29 is 13.6 Å². The summed E-state index contributed by atoms with van der Waals surface area (Å²) < 4.78 is 27.5. The highest BCUT2D eigenvalue weighted by atomic mass is 32.1. The molecule has 3 aromatic heterocycles. The molecular formula is C19H16F2N6OS2. The topological polar surface area (TPSA) is 91.8 Å². The SMILES string of the molecule is O=C(NCc1ccc(F)cc1F)Nc1ncc(CCNc2ncnc3ccsc23)s1. The molecule has 4 rings (SSSR count). The Kier molecular flexibility index (Phi) is 6.10. The van der Waals surface area contributed by atoms with E-state index in [0.29, 0.717) is 18.1 Å². The fraction of sp³-hybridized carbons (Fsp3) is 0.158. The van der Waals surface area contributed by atoms with Crippen molar-refractivity contribution in [3.63, 3.8) is 0 Å². The van der Waals surface area contributed by atoms with Crippen LogP contribution in [0.15, 0.2) is 42.2 Å². The van der Waals surface area contributed by atoms with Crippen LogP contribution < -0.4 is 16.0 Å². The molecule has 7 nitrogen and oxygen atoms in total. The summed E-state index contributed by atoms with van der Waals surface area (Å²) in [5.74, 6) is -0.571. The molecule has 0 saturated carbocycles. The fourth-order valence-electron chi connectivity index (χ4n) is 2.68. The lowest BCUT2D eigenvalue weighted by atomic mass is 10.2. The Labute approximate surface area is 178 Å². The molecule has 0 saturated heterocycles. The second-order valence-electron chi connectivity index (χ2n) is 6.21. The van der Waals surface area contributed by atoms with Gasteiger partial charge in [-0.25, -0.2) is 28.5 Å². The monoisotopic (exact) mass is 446 g/mol. The van der Waals surface area contributed by atoms with Gasteiger partial charge in [0.05, 0.1) is 10.2 Å². The lowest BCUT2D eigenvalue weighted by molar-refractivity contribution is 0.251. The Balaban J connectivity index is 1.25. The molecule has 0 unspecified atom stereocenters. The van der Waals surface area contributed by atoms with Crippen LogP contribution in [0.2, 0.25) is 0 Å². The molecule has 11 heteroatoms. The number of benzene rings is 1. The van der Waals surface area contributed by atoms with Gasteiger partial charge in [0.15, 0.2) is 5.13 Å². The van der Waals surface area contributed by atoms with E-state index in [1.165, 1.54) is 23.7 Å². The summed E-state index contributed by atoms with van der Waals surface area (Å²) in [4.78, 5) is 25.6. The Bertz CT molecular complexity index is 1180. The second-order valence-corrected chi connectivity index (χ2v) is 8.24. The van der Waals surface area contributed by atoms with Crippen molar-refractivity contribution in [2.45, 2.75) is 13.0 Å². The highest BCUT2D eigenvalue weighted by molar-refractivity contribution is 7.17. The molecule has 30 heavy (non-hydrogen) atoms. The maximum Gasteiger partial charge on any atom is 0.321 e. The van der Waals surface area contributed by atoms with Gasteiger partial charge in [-0.05, 0) is 17.5 Å². The van der Waals surface area contributed by atoms with Crippen LogP contribution in [0.5, 0.6) is 0 Å². The van der Waals surface area contributed by atoms with Crippen molar-refractivity contribution in [2.24, 2.45) is 0 Å². The molecule has 0 aliphatic rings. The number of thiazole rings is 1. The van der Waals surface area contributed by atoms with Crippen LogP contribution in [0.1, 0.15) is 10.4 Å². The van der Waals surface area contributed by atoms with E-state index in [1.807, 2.05) is 11.4 Å². The number of hydrogen-bond acceptors (Lipinski definition) is 7. The van der Waals surface area contributed by atoms with E-state index < -0.39 is 17.7 Å². The molecule has 0 spiro atoms. The minimum Gasteiger partial charge on any atom is -0.368 e. The Morgan fingerprint density at radius 3 is 2.90 bits per heavy atom. The first-order valence-electron chi connectivity index (χ1n) is 8.94. The van der Waals surface area contributed by atoms with E-state index in [4.69, 9.17) is 0 Å². The molecule has 3 N–H and O–H groups in total. The maximum absolute atomic E-state index is 13.6. The average Bonchev–Trinajstić information content (AvgIpc) is 3.37. The number of carbonyl (C=O) groups is 1. The lowest BCUT2D eigenvalue weighted by Crippen LogP contribution is -2.28. The number of hydrogen-bond donors (Lipinski definition) is 3. The van der Waals surface area contributed by atoms with Crippen molar-refractivity contribution in [2.75, 3.05) is 17.2 Å². The summed E-state index contributed by atoms with van der Waals surface area (Å²) in [6.07, 6.45) is 3.93. The predicted molar refractivity (Wildman–Crippen MR) is 114 cm³/mol. The van der Waals surface area contributed by atoms with Crippen LogP contribution >= 0.6 is 22.7 Å². The van der Waals surface area contributed by atoms with Crippen molar-refractivity contribution in [1.82, 2.24) is 20.3 Å². The molecule has 0 aliphatic carbocycles. The fourth-order valence-corrected chi connectivity index (χ4v) is 4.30. The second kappa shape index (κ2) is 9.09. The van der Waals surface area contributed by atoms with Gasteiger partial charge in [0.25, 0.3) is 0 Å². The summed E-state index contributed by atoms with van der Waals surface area (Å²) >= 11 is 2.93. The number of nitrogens with one attached hydrogen (secondary N) is 3. The van der Waals surface area contributed by atoms with Crippen LogP contribution in [0, 0.1) is 11.6 Å². The third kappa shape index (κ3) is 4.86. The number of thiophene rings is 1. The normalized spacial score (nSPS) is 10.9. The number of aromatic nitrogens is 3. The van der Waals surface area contributed by atoms with Crippen molar-refractivity contribution in [3.05, 3.63) is 64.2 Å². The van der Waals surface area contributed by atoms with E-state index in [2.05, 4.69) is 30.9 Å². The molecule has 2 amide bonds. The van der Waals surface area contributed by atoms with Gasteiger partial charge in [-0.2, -0.15) is 0 Å². The summed E-state index contributed by atoms with van der Waals surface area (Å²) in [5.41, 5.74) is 1.11. The first kappa shape index (κ1) is 20.1. The minimum absolute atomic E-state index is 0.0593. The minimum atomic E-state index is -0.706. The van der Waals surface area contributed by atoms with Gasteiger partial charge in [-0.15, -0.1) is 22.7 Å². The first-order chi connectivity index (χ1) is 14.6. The van der Waals surface area contributed by atoms with Crippen LogP contribution in [-0.4, -0.2) is 27.5 Å². The number of carbonyl (C=O) groups excluding carboxylic acids is 1. The van der Waals surface area contributed by atoms with Crippen molar-refractivity contribution >= 4 is 49.9 Å².